The molecule has 1 heterocycles. The van der Waals surface area contributed by atoms with Gasteiger partial charge >= 0.3 is 5.97 Å². The van der Waals surface area contributed by atoms with Gasteiger partial charge in [0.2, 0.25) is 0 Å². The van der Waals surface area contributed by atoms with Crippen LogP contribution in [-0.2, 0) is 9.53 Å². The highest BCUT2D eigenvalue weighted by Crippen LogP contribution is 2.30. The van der Waals surface area contributed by atoms with Crippen LogP contribution >= 0.6 is 0 Å². The Balaban J connectivity index is 1.44. The quantitative estimate of drug-likeness (QED) is 0.794. The molecule has 1 aliphatic heterocycles. The van der Waals surface area contributed by atoms with Gasteiger partial charge in [-0.15, -0.1) is 0 Å². The van der Waals surface area contributed by atoms with E-state index in [0.717, 1.165) is 0 Å². The summed E-state index contributed by atoms with van der Waals surface area (Å²) < 4.78 is 21.4. The predicted molar refractivity (Wildman–Crippen MR) is 92.6 cm³/mol. The third-order valence-corrected chi connectivity index (χ3v) is 3.72. The Bertz CT molecular complexity index is 791. The summed E-state index contributed by atoms with van der Waals surface area (Å²) >= 11 is 0. The van der Waals surface area contributed by atoms with E-state index >= 15 is 0 Å². The van der Waals surface area contributed by atoms with E-state index in [4.69, 9.17) is 14.2 Å². The minimum absolute atomic E-state index is 0.172. The van der Waals surface area contributed by atoms with E-state index in [0.29, 0.717) is 36.0 Å². The van der Waals surface area contributed by atoms with Crippen LogP contribution in [0, 0.1) is 0 Å². The number of para-hydroxylation sites is 2. The predicted octanol–water partition coefficient (Wildman–Crippen LogP) is 1.81. The Kier molecular flexibility index (Phi) is 5.58. The van der Waals surface area contributed by atoms with Gasteiger partial charge in [-0.25, -0.2) is 4.79 Å². The van der Waals surface area contributed by atoms with Crippen molar-refractivity contribution >= 4 is 11.9 Å². The molecule has 1 atom stereocenters. The molecule has 2 aromatic carbocycles. The molecular formula is C19H19NO6. The molecule has 0 saturated heterocycles. The third kappa shape index (κ3) is 4.44. The van der Waals surface area contributed by atoms with Gasteiger partial charge < -0.3 is 24.3 Å². The summed E-state index contributed by atoms with van der Waals surface area (Å²) in [5, 5.41) is 2.74. The van der Waals surface area contributed by atoms with Crippen LogP contribution in [0.2, 0.25) is 0 Å². The molecule has 0 bridgehead atoms. The van der Waals surface area contributed by atoms with E-state index in [1.807, 2.05) is 24.3 Å². The van der Waals surface area contributed by atoms with Crippen LogP contribution in [0.3, 0.4) is 0 Å². The van der Waals surface area contributed by atoms with Crippen molar-refractivity contribution in [2.45, 2.75) is 6.10 Å². The van der Waals surface area contributed by atoms with E-state index in [-0.39, 0.29) is 18.6 Å². The molecule has 0 radical (unpaired) electrons. The summed E-state index contributed by atoms with van der Waals surface area (Å²) in [6, 6.07) is 13.8. The number of amides is 1. The monoisotopic (exact) mass is 357 g/mol. The lowest BCUT2D eigenvalue weighted by molar-refractivity contribution is -0.123. The number of rotatable bonds is 6. The number of esters is 1. The summed E-state index contributed by atoms with van der Waals surface area (Å²) in [5.74, 6) is 1.01. The summed E-state index contributed by atoms with van der Waals surface area (Å²) in [4.78, 5) is 23.4. The number of methoxy groups -OCH3 is 1. The van der Waals surface area contributed by atoms with Crippen molar-refractivity contribution in [2.75, 3.05) is 26.9 Å². The van der Waals surface area contributed by atoms with Crippen LogP contribution in [0.25, 0.3) is 0 Å². The van der Waals surface area contributed by atoms with Crippen LogP contribution in [0.1, 0.15) is 10.4 Å². The van der Waals surface area contributed by atoms with Crippen LogP contribution in [0.5, 0.6) is 17.2 Å². The number of hydrogen-bond acceptors (Lipinski definition) is 6. The van der Waals surface area contributed by atoms with E-state index < -0.39 is 5.97 Å². The van der Waals surface area contributed by atoms with Gasteiger partial charge in [0.25, 0.3) is 5.91 Å². The normalized spacial score (nSPS) is 15.0. The standard InChI is InChI=1S/C19H19NO6/c1-23-19(22)13-5-4-6-14(9-13)24-12-18(21)20-10-15-11-25-16-7-2-3-8-17(16)26-15/h2-9,15H,10-12H2,1H3,(H,20,21). The number of nitrogens with one attached hydrogen (secondary N) is 1. The second-order valence-corrected chi connectivity index (χ2v) is 5.61. The van der Waals surface area contributed by atoms with Gasteiger partial charge in [-0.1, -0.05) is 18.2 Å². The first-order valence-corrected chi connectivity index (χ1v) is 8.12. The molecule has 1 aliphatic rings. The van der Waals surface area contributed by atoms with Crippen molar-refractivity contribution in [3.8, 4) is 17.2 Å². The topological polar surface area (TPSA) is 83.1 Å². The number of hydrogen-bond donors (Lipinski definition) is 1. The zero-order valence-electron chi connectivity index (χ0n) is 14.3. The first kappa shape index (κ1) is 17.6. The van der Waals surface area contributed by atoms with Crippen molar-refractivity contribution in [1.29, 1.82) is 0 Å². The van der Waals surface area contributed by atoms with Gasteiger partial charge in [0.15, 0.2) is 18.1 Å². The van der Waals surface area contributed by atoms with Crippen molar-refractivity contribution < 1.29 is 28.5 Å². The SMILES string of the molecule is COC(=O)c1cccc(OCC(=O)NCC2COc3ccccc3O2)c1. The lowest BCUT2D eigenvalue weighted by Crippen LogP contribution is -2.42. The maximum absolute atomic E-state index is 12.0. The maximum Gasteiger partial charge on any atom is 0.337 e. The van der Waals surface area contributed by atoms with Gasteiger partial charge in [0.05, 0.1) is 19.2 Å². The molecule has 0 aliphatic carbocycles. The fraction of sp³-hybridized carbons (Fsp3) is 0.263. The summed E-state index contributed by atoms with van der Waals surface area (Å²) in [6.07, 6.45) is -0.267. The molecular weight excluding hydrogens is 338 g/mol. The highest BCUT2D eigenvalue weighted by molar-refractivity contribution is 5.89. The van der Waals surface area contributed by atoms with Crippen molar-refractivity contribution in [3.05, 3.63) is 54.1 Å². The molecule has 3 rings (SSSR count). The number of benzene rings is 2. The molecule has 2 aromatic rings. The van der Waals surface area contributed by atoms with Crippen LogP contribution in [0.15, 0.2) is 48.5 Å². The summed E-state index contributed by atoms with van der Waals surface area (Å²) in [6.45, 7) is 0.493. The molecule has 136 valence electrons. The Morgan fingerprint density at radius 3 is 2.77 bits per heavy atom. The highest BCUT2D eigenvalue weighted by atomic mass is 16.6. The second-order valence-electron chi connectivity index (χ2n) is 5.61. The second kappa shape index (κ2) is 8.24. The fourth-order valence-corrected chi connectivity index (χ4v) is 2.42. The minimum atomic E-state index is -0.463. The zero-order chi connectivity index (χ0) is 18.4. The fourth-order valence-electron chi connectivity index (χ4n) is 2.42. The number of fused-ring (bicyclic) bond motifs is 1. The zero-order valence-corrected chi connectivity index (χ0v) is 14.3. The molecule has 26 heavy (non-hydrogen) atoms. The lowest BCUT2D eigenvalue weighted by Gasteiger charge is -2.26. The number of carbonyl (C=O) groups is 2. The van der Waals surface area contributed by atoms with E-state index in [1.165, 1.54) is 13.2 Å². The van der Waals surface area contributed by atoms with Crippen LogP contribution < -0.4 is 19.5 Å². The van der Waals surface area contributed by atoms with Crippen molar-refractivity contribution in [3.63, 3.8) is 0 Å². The minimum Gasteiger partial charge on any atom is -0.486 e. The van der Waals surface area contributed by atoms with E-state index in [1.54, 1.807) is 18.2 Å². The first-order valence-electron chi connectivity index (χ1n) is 8.12. The molecule has 1 unspecified atom stereocenters. The van der Waals surface area contributed by atoms with E-state index in [9.17, 15) is 9.59 Å². The lowest BCUT2D eigenvalue weighted by atomic mass is 10.2. The van der Waals surface area contributed by atoms with Crippen molar-refractivity contribution in [2.24, 2.45) is 0 Å². The molecule has 0 spiro atoms. The van der Waals surface area contributed by atoms with E-state index in [2.05, 4.69) is 10.1 Å². The van der Waals surface area contributed by atoms with Crippen LogP contribution in [-0.4, -0.2) is 44.8 Å². The Morgan fingerprint density at radius 1 is 1.15 bits per heavy atom. The first-order chi connectivity index (χ1) is 12.7. The summed E-state index contributed by atoms with van der Waals surface area (Å²) in [7, 11) is 1.30. The van der Waals surface area contributed by atoms with Gasteiger partial charge in [0, 0.05) is 0 Å². The number of ether oxygens (including phenoxy) is 4. The van der Waals surface area contributed by atoms with Gasteiger partial charge in [0.1, 0.15) is 18.5 Å². The highest BCUT2D eigenvalue weighted by Gasteiger charge is 2.21. The van der Waals surface area contributed by atoms with Gasteiger partial charge in [-0.2, -0.15) is 0 Å². The largest absolute Gasteiger partial charge is 0.486 e. The molecule has 7 heteroatoms. The Hall–Kier alpha value is -3.22. The maximum atomic E-state index is 12.0. The van der Waals surface area contributed by atoms with Crippen LogP contribution in [0.4, 0.5) is 0 Å². The molecule has 0 saturated carbocycles. The molecule has 1 N–H and O–H groups in total. The average Bonchev–Trinajstić information content (AvgIpc) is 2.70. The third-order valence-electron chi connectivity index (χ3n) is 3.72. The molecule has 1 amide bonds. The average molecular weight is 357 g/mol. The molecule has 0 fully saturated rings. The van der Waals surface area contributed by atoms with Gasteiger partial charge in [-0.05, 0) is 30.3 Å². The smallest absolute Gasteiger partial charge is 0.337 e. The van der Waals surface area contributed by atoms with Crippen molar-refractivity contribution in [1.82, 2.24) is 5.32 Å². The molecule has 7 nitrogen and oxygen atoms in total. The molecule has 0 aromatic heterocycles. The Morgan fingerprint density at radius 2 is 1.96 bits per heavy atom. The summed E-state index contributed by atoms with van der Waals surface area (Å²) in [5.41, 5.74) is 0.358. The Labute approximate surface area is 150 Å². The van der Waals surface area contributed by atoms with Gasteiger partial charge in [-0.3, -0.25) is 4.79 Å². The number of carbonyl (C=O) groups excluding carboxylic acids is 2.